The molecule has 0 spiro atoms. The van der Waals surface area contributed by atoms with E-state index in [1.54, 1.807) is 23.1 Å². The topological polar surface area (TPSA) is 45.2 Å². The van der Waals surface area contributed by atoms with Gasteiger partial charge in [-0.05, 0) is 49.4 Å². The number of anilines is 1. The van der Waals surface area contributed by atoms with E-state index in [9.17, 15) is 4.79 Å². The fourth-order valence-electron chi connectivity index (χ4n) is 3.20. The summed E-state index contributed by atoms with van der Waals surface area (Å²) in [6.45, 7) is 0.772. The highest BCUT2D eigenvalue weighted by atomic mass is 32.2. The number of aromatic nitrogens is 1. The lowest BCUT2D eigenvalue weighted by Crippen LogP contribution is -2.34. The minimum atomic E-state index is -0.0417. The van der Waals surface area contributed by atoms with E-state index in [0.29, 0.717) is 0 Å². The van der Waals surface area contributed by atoms with Crippen molar-refractivity contribution in [3.05, 3.63) is 53.5 Å². The molecule has 2 amide bonds. The summed E-state index contributed by atoms with van der Waals surface area (Å²) in [5.41, 5.74) is 1.86. The first-order chi connectivity index (χ1) is 12.2. The molecule has 1 aliphatic heterocycles. The van der Waals surface area contributed by atoms with Crippen molar-refractivity contribution < 1.29 is 4.79 Å². The van der Waals surface area contributed by atoms with Crippen LogP contribution < -0.4 is 5.32 Å². The minimum Gasteiger partial charge on any atom is -0.315 e. The Morgan fingerprint density at radius 3 is 3.00 bits per heavy atom. The number of amides is 2. The van der Waals surface area contributed by atoms with Gasteiger partial charge in [-0.1, -0.05) is 18.2 Å². The Balaban J connectivity index is 1.55. The molecule has 2 heterocycles. The van der Waals surface area contributed by atoms with Crippen LogP contribution in [0.2, 0.25) is 0 Å². The van der Waals surface area contributed by atoms with Crippen LogP contribution in [0.25, 0.3) is 10.2 Å². The first kappa shape index (κ1) is 16.4. The second kappa shape index (κ2) is 7.06. The van der Waals surface area contributed by atoms with Crippen molar-refractivity contribution in [3.8, 4) is 0 Å². The fraction of sp³-hybridized carbons (Fsp3) is 0.263. The average molecular weight is 370 g/mol. The molecule has 1 N–H and O–H groups in total. The molecule has 6 heteroatoms. The number of hydrogen-bond donors (Lipinski definition) is 1. The summed E-state index contributed by atoms with van der Waals surface area (Å²) in [6, 6.07) is 16.1. The Morgan fingerprint density at radius 1 is 1.28 bits per heavy atom. The number of nitrogens with zero attached hydrogens (tertiary/aromatic N) is 2. The highest BCUT2D eigenvalue weighted by molar-refractivity contribution is 7.98. The number of carbonyl (C=O) groups excluding carboxylic acids is 1. The van der Waals surface area contributed by atoms with Gasteiger partial charge in [0, 0.05) is 17.1 Å². The number of rotatable bonds is 3. The number of hydrogen-bond acceptors (Lipinski definition) is 4. The number of benzene rings is 2. The molecule has 0 radical (unpaired) electrons. The molecule has 1 aromatic heterocycles. The van der Waals surface area contributed by atoms with E-state index in [-0.39, 0.29) is 12.1 Å². The molecule has 4 nitrogen and oxygen atoms in total. The molecular formula is C19H19N3OS2. The highest BCUT2D eigenvalue weighted by Crippen LogP contribution is 2.36. The zero-order chi connectivity index (χ0) is 17.2. The van der Waals surface area contributed by atoms with E-state index in [1.165, 1.54) is 4.70 Å². The van der Waals surface area contributed by atoms with Gasteiger partial charge < -0.3 is 10.2 Å². The van der Waals surface area contributed by atoms with Crippen LogP contribution in [0.5, 0.6) is 0 Å². The van der Waals surface area contributed by atoms with Crippen molar-refractivity contribution in [1.29, 1.82) is 0 Å². The lowest BCUT2D eigenvalue weighted by Gasteiger charge is -2.23. The summed E-state index contributed by atoms with van der Waals surface area (Å²) in [5, 5.41) is 4.08. The number of likely N-dealkylation sites (tertiary alicyclic amines) is 1. The van der Waals surface area contributed by atoms with Crippen LogP contribution in [0.4, 0.5) is 10.5 Å². The molecule has 3 aromatic rings. The molecule has 1 saturated heterocycles. The van der Waals surface area contributed by atoms with Crippen molar-refractivity contribution in [2.75, 3.05) is 18.1 Å². The molecule has 0 saturated carbocycles. The number of thiazole rings is 1. The molecule has 0 aliphatic carbocycles. The van der Waals surface area contributed by atoms with Gasteiger partial charge in [0.25, 0.3) is 0 Å². The third kappa shape index (κ3) is 3.37. The molecule has 4 rings (SSSR count). The molecule has 25 heavy (non-hydrogen) atoms. The molecule has 128 valence electrons. The van der Waals surface area contributed by atoms with Gasteiger partial charge in [-0.2, -0.15) is 0 Å². The summed E-state index contributed by atoms with van der Waals surface area (Å²) in [5.74, 6) is 0. The minimum absolute atomic E-state index is 0.0417. The Labute approximate surface area is 155 Å². The Kier molecular flexibility index (Phi) is 4.63. The Morgan fingerprint density at radius 2 is 2.16 bits per heavy atom. The summed E-state index contributed by atoms with van der Waals surface area (Å²) in [4.78, 5) is 20.6. The molecule has 1 unspecified atom stereocenters. The number of fused-ring (bicyclic) bond motifs is 1. The third-order valence-electron chi connectivity index (χ3n) is 4.43. The summed E-state index contributed by atoms with van der Waals surface area (Å²) in [6.07, 6.45) is 4.02. The second-order valence-electron chi connectivity index (χ2n) is 6.03. The van der Waals surface area contributed by atoms with Crippen LogP contribution in [0, 0.1) is 0 Å². The van der Waals surface area contributed by atoms with Crippen LogP contribution in [0.1, 0.15) is 23.9 Å². The smallest absolute Gasteiger partial charge is 0.315 e. The number of carbonyl (C=O) groups is 1. The molecular weight excluding hydrogens is 350 g/mol. The maximum Gasteiger partial charge on any atom is 0.322 e. The summed E-state index contributed by atoms with van der Waals surface area (Å²) < 4.78 is 1.18. The van der Waals surface area contributed by atoms with E-state index >= 15 is 0 Å². The van der Waals surface area contributed by atoms with E-state index in [2.05, 4.69) is 11.4 Å². The number of para-hydroxylation sites is 1. The van der Waals surface area contributed by atoms with Gasteiger partial charge in [-0.3, -0.25) is 0 Å². The Hall–Kier alpha value is -2.05. The van der Waals surface area contributed by atoms with Crippen molar-refractivity contribution in [1.82, 2.24) is 9.88 Å². The number of nitrogens with one attached hydrogen (secondary N) is 1. The summed E-state index contributed by atoms with van der Waals surface area (Å²) in [7, 11) is 0. The van der Waals surface area contributed by atoms with Gasteiger partial charge in [0.05, 0.1) is 16.3 Å². The van der Waals surface area contributed by atoms with Gasteiger partial charge in [0.2, 0.25) is 0 Å². The molecule has 1 aliphatic rings. The van der Waals surface area contributed by atoms with E-state index in [0.717, 1.165) is 40.5 Å². The van der Waals surface area contributed by atoms with Crippen molar-refractivity contribution in [3.63, 3.8) is 0 Å². The van der Waals surface area contributed by atoms with Gasteiger partial charge in [0.1, 0.15) is 5.01 Å². The molecule has 0 bridgehead atoms. The first-order valence-electron chi connectivity index (χ1n) is 8.32. The second-order valence-corrected chi connectivity index (χ2v) is 7.98. The molecule has 1 atom stereocenters. The van der Waals surface area contributed by atoms with Crippen molar-refractivity contribution in [2.24, 2.45) is 0 Å². The lowest BCUT2D eigenvalue weighted by molar-refractivity contribution is 0.207. The van der Waals surface area contributed by atoms with Crippen LogP contribution >= 0.6 is 23.1 Å². The summed E-state index contributed by atoms with van der Waals surface area (Å²) >= 11 is 3.36. The largest absolute Gasteiger partial charge is 0.322 e. The van der Waals surface area contributed by atoms with E-state index in [4.69, 9.17) is 4.98 Å². The van der Waals surface area contributed by atoms with Gasteiger partial charge in [0.15, 0.2) is 0 Å². The number of urea groups is 1. The zero-order valence-corrected chi connectivity index (χ0v) is 15.6. The van der Waals surface area contributed by atoms with Crippen molar-refractivity contribution >= 4 is 45.0 Å². The van der Waals surface area contributed by atoms with E-state index < -0.39 is 0 Å². The highest BCUT2D eigenvalue weighted by Gasteiger charge is 2.32. The van der Waals surface area contributed by atoms with Crippen LogP contribution in [0.3, 0.4) is 0 Å². The van der Waals surface area contributed by atoms with Gasteiger partial charge >= 0.3 is 6.03 Å². The van der Waals surface area contributed by atoms with Crippen LogP contribution in [-0.2, 0) is 0 Å². The molecule has 2 aromatic carbocycles. The maximum atomic E-state index is 12.8. The predicted octanol–water partition coefficient (Wildman–Crippen LogP) is 5.39. The Bertz CT molecular complexity index is 875. The van der Waals surface area contributed by atoms with Crippen LogP contribution in [-0.4, -0.2) is 28.7 Å². The quantitative estimate of drug-likeness (QED) is 0.630. The SMILES string of the molecule is CSc1cccc(NC(=O)N2CCCC2c2nc3ccccc3s2)c1. The normalized spacial score (nSPS) is 17.2. The monoisotopic (exact) mass is 369 g/mol. The van der Waals surface area contributed by atoms with E-state index in [1.807, 2.05) is 53.6 Å². The van der Waals surface area contributed by atoms with Crippen LogP contribution in [0.15, 0.2) is 53.4 Å². The standard InChI is InChI=1S/C19H19N3OS2/c1-24-14-7-4-6-13(12-14)20-19(23)22-11-5-9-16(22)18-21-15-8-2-3-10-17(15)25-18/h2-4,6-8,10,12,16H,5,9,11H2,1H3,(H,20,23). The average Bonchev–Trinajstić information content (AvgIpc) is 3.28. The predicted molar refractivity (Wildman–Crippen MR) is 106 cm³/mol. The third-order valence-corrected chi connectivity index (χ3v) is 6.29. The maximum absolute atomic E-state index is 12.8. The van der Waals surface area contributed by atoms with Gasteiger partial charge in [-0.15, -0.1) is 23.1 Å². The fourth-order valence-corrected chi connectivity index (χ4v) is 4.77. The number of thioether (sulfide) groups is 1. The van der Waals surface area contributed by atoms with Gasteiger partial charge in [-0.25, -0.2) is 9.78 Å². The lowest BCUT2D eigenvalue weighted by atomic mass is 10.2. The molecule has 1 fully saturated rings. The zero-order valence-electron chi connectivity index (χ0n) is 13.9. The van der Waals surface area contributed by atoms with Crippen molar-refractivity contribution in [2.45, 2.75) is 23.8 Å². The first-order valence-corrected chi connectivity index (χ1v) is 10.4.